The topological polar surface area (TPSA) is 221 Å². The number of ether oxygens (including phenoxy) is 2. The van der Waals surface area contributed by atoms with E-state index in [9.17, 15) is 43.2 Å². The second-order valence-corrected chi connectivity index (χ2v) is 23.5. The van der Waals surface area contributed by atoms with E-state index in [1.165, 1.54) is 36.8 Å². The zero-order chi connectivity index (χ0) is 53.5. The summed E-state index contributed by atoms with van der Waals surface area (Å²) in [6, 6.07) is 10.9. The van der Waals surface area contributed by atoms with Crippen molar-refractivity contribution in [1.29, 1.82) is 0 Å². The number of rotatable bonds is 17. The van der Waals surface area contributed by atoms with Gasteiger partial charge in [0.2, 0.25) is 11.8 Å². The number of aromatic nitrogens is 6. The molecule has 74 heavy (non-hydrogen) atoms. The van der Waals surface area contributed by atoms with Gasteiger partial charge in [-0.25, -0.2) is 36.5 Å². The molecule has 0 amide bonds. The summed E-state index contributed by atoms with van der Waals surface area (Å²) in [5, 5.41) is 7.73. The number of pyridine rings is 1. The Morgan fingerprint density at radius 1 is 0.757 bits per heavy atom. The van der Waals surface area contributed by atoms with Gasteiger partial charge in [-0.15, -0.1) is 0 Å². The number of alkyl halides is 6. The van der Waals surface area contributed by atoms with Crippen LogP contribution >= 0.6 is 15.9 Å². The Hall–Kier alpha value is -5.90. The molecule has 18 nitrogen and oxygen atoms in total. The Bertz CT molecular complexity index is 3190. The first-order chi connectivity index (χ1) is 34.6. The Labute approximate surface area is 430 Å². The molecule has 6 aromatic rings. The van der Waals surface area contributed by atoms with Crippen LogP contribution in [0.25, 0.3) is 0 Å². The maximum Gasteiger partial charge on any atom is 0.422 e. The fraction of sp³-hybridized carbons (Fsp3) is 0.447. The van der Waals surface area contributed by atoms with E-state index < -0.39 is 75.0 Å². The molecule has 398 valence electrons. The van der Waals surface area contributed by atoms with Gasteiger partial charge in [-0.2, -0.15) is 31.3 Å². The molecule has 0 fully saturated rings. The van der Waals surface area contributed by atoms with Crippen LogP contribution in [0.15, 0.2) is 90.4 Å². The van der Waals surface area contributed by atoms with Crippen molar-refractivity contribution in [3.8, 4) is 11.9 Å². The van der Waals surface area contributed by atoms with Crippen molar-refractivity contribution in [2.45, 2.75) is 119 Å². The van der Waals surface area contributed by atoms with Gasteiger partial charge in [0.05, 0.1) is 9.79 Å². The van der Waals surface area contributed by atoms with Gasteiger partial charge in [0.1, 0.15) is 4.47 Å². The average molecular weight is 1140 g/mol. The molecule has 0 bridgehead atoms. The van der Waals surface area contributed by atoms with Gasteiger partial charge in [0.25, 0.3) is 26.0 Å². The summed E-state index contributed by atoms with van der Waals surface area (Å²) in [5.74, 6) is -0.412. The molecule has 0 aliphatic carbocycles. The molecule has 0 saturated heterocycles. The zero-order valence-electron chi connectivity index (χ0n) is 40.6. The lowest BCUT2D eigenvalue weighted by Crippen LogP contribution is -2.39. The minimum atomic E-state index is -4.65. The van der Waals surface area contributed by atoms with Crippen molar-refractivity contribution in [3.63, 3.8) is 0 Å². The molecular weight excluding hydrogens is 1090 g/mol. The maximum atomic E-state index is 13.9. The van der Waals surface area contributed by atoms with Crippen molar-refractivity contribution >= 4 is 47.7 Å². The van der Waals surface area contributed by atoms with Gasteiger partial charge in [-0.3, -0.25) is 14.5 Å². The standard InChI is InChI=1S/C47H51BrF6N10O8S2/c1-26(2)42-58-43(60-72-42)62-74(67,68)35-10-11-36-31(16-35)22-64(27(3)29-8-12-38(55-18-29)69-24-46(49,50)51)23-32(36)17-37(33-19-56-44(57-20-33)70-25-47(52,53)54)63-14-13-28-7-9-34(15-30(28)21-63)73(65,66)61-41-39(48)40(71-59-41)45(4,5)6/h7-12,15-16,18-20,26-27,32,37H,13-14,17,21-25H2,1-6H3,(H,59,61)(H,60,62). The third-order valence-corrected chi connectivity index (χ3v) is 15.8. The van der Waals surface area contributed by atoms with Crippen LogP contribution in [0.3, 0.4) is 0 Å². The highest BCUT2D eigenvalue weighted by Crippen LogP contribution is 2.43. The van der Waals surface area contributed by atoms with E-state index in [1.54, 1.807) is 44.2 Å². The van der Waals surface area contributed by atoms with Crippen LogP contribution in [0.2, 0.25) is 0 Å². The van der Waals surface area contributed by atoms with Crippen molar-refractivity contribution in [1.82, 2.24) is 40.0 Å². The Kier molecular flexibility index (Phi) is 15.4. The van der Waals surface area contributed by atoms with Gasteiger partial charge in [-0.05, 0) is 98.9 Å². The lowest BCUT2D eigenvalue weighted by Gasteiger charge is -2.42. The predicted molar refractivity (Wildman–Crippen MR) is 258 cm³/mol. The summed E-state index contributed by atoms with van der Waals surface area (Å²) >= 11 is 3.42. The number of hydrogen-bond acceptors (Lipinski definition) is 16. The summed E-state index contributed by atoms with van der Waals surface area (Å²) < 4.78 is 159. The summed E-state index contributed by atoms with van der Waals surface area (Å²) in [7, 11) is -8.49. The summed E-state index contributed by atoms with van der Waals surface area (Å²) in [6.45, 7) is 9.22. The van der Waals surface area contributed by atoms with Crippen LogP contribution in [-0.4, -0.2) is 95.5 Å². The van der Waals surface area contributed by atoms with Crippen LogP contribution in [0.5, 0.6) is 11.9 Å². The monoisotopic (exact) mass is 1140 g/mol. The third-order valence-electron chi connectivity index (χ3n) is 12.5. The van der Waals surface area contributed by atoms with Crippen molar-refractivity contribution < 1.29 is 61.7 Å². The number of nitrogens with zero attached hydrogens (tertiary/aromatic N) is 8. The SMILES string of the molecule is CC(C)c1nc(NS(=O)(=O)c2ccc3c(c2)CN(C(C)c2ccc(OCC(F)(F)F)nc2)CC3CC(c2cnc(OCC(F)(F)F)nc2)N2CCc3ccc(S(=O)(=O)Nc4noc(C(C)(C)C)c4Br)cc3C2)no1. The highest BCUT2D eigenvalue weighted by molar-refractivity contribution is 9.10. The summed E-state index contributed by atoms with van der Waals surface area (Å²) in [4.78, 5) is 20.6. The Balaban J connectivity index is 1.14. The van der Waals surface area contributed by atoms with Crippen molar-refractivity contribution in [2.75, 3.05) is 35.7 Å². The highest BCUT2D eigenvalue weighted by Gasteiger charge is 2.37. The zero-order valence-corrected chi connectivity index (χ0v) is 43.8. The Morgan fingerprint density at radius 2 is 1.39 bits per heavy atom. The quantitative estimate of drug-likeness (QED) is 0.0812. The number of sulfonamides is 2. The predicted octanol–water partition coefficient (Wildman–Crippen LogP) is 9.76. The molecule has 4 aromatic heterocycles. The van der Waals surface area contributed by atoms with Gasteiger partial charge in [-0.1, -0.05) is 58.0 Å². The Morgan fingerprint density at radius 3 is 2.01 bits per heavy atom. The molecule has 8 rings (SSSR count). The van der Waals surface area contributed by atoms with Crippen LogP contribution < -0.4 is 18.9 Å². The first kappa shape index (κ1) is 54.4. The number of halogens is 7. The minimum absolute atomic E-state index is 0.0236. The molecule has 6 heterocycles. The molecule has 0 radical (unpaired) electrons. The second-order valence-electron chi connectivity index (χ2n) is 19.3. The number of hydrogen-bond donors (Lipinski definition) is 2. The molecule has 2 aliphatic heterocycles. The lowest BCUT2D eigenvalue weighted by atomic mass is 9.82. The fourth-order valence-electron chi connectivity index (χ4n) is 8.69. The average Bonchev–Trinajstić information content (AvgIpc) is 3.96. The lowest BCUT2D eigenvalue weighted by molar-refractivity contribution is -0.155. The van der Waals surface area contributed by atoms with Crippen LogP contribution in [0.1, 0.15) is 117 Å². The number of nitrogens with one attached hydrogen (secondary N) is 2. The van der Waals surface area contributed by atoms with Crippen molar-refractivity contribution in [3.05, 3.63) is 117 Å². The van der Waals surface area contributed by atoms with Crippen LogP contribution in [-0.2, 0) is 45.0 Å². The second kappa shape index (κ2) is 21.0. The van der Waals surface area contributed by atoms with Gasteiger partial charge >= 0.3 is 18.4 Å². The molecular formula is C47H51BrF6N10O8S2. The van der Waals surface area contributed by atoms with E-state index in [2.05, 4.69) is 65.4 Å². The molecule has 0 saturated carbocycles. The highest BCUT2D eigenvalue weighted by atomic mass is 79.9. The summed E-state index contributed by atoms with van der Waals surface area (Å²) in [6.07, 6.45) is -4.28. The molecule has 2 N–H and O–H groups in total. The first-order valence-corrected chi connectivity index (χ1v) is 26.8. The van der Waals surface area contributed by atoms with E-state index in [1.807, 2.05) is 27.7 Å². The van der Waals surface area contributed by atoms with Crippen LogP contribution in [0.4, 0.5) is 38.1 Å². The van der Waals surface area contributed by atoms with Gasteiger partial charge in [0, 0.05) is 79.8 Å². The summed E-state index contributed by atoms with van der Waals surface area (Å²) in [5.41, 5.74) is 3.60. The molecule has 27 heteroatoms. The van der Waals surface area contributed by atoms with Gasteiger partial charge in [0.15, 0.2) is 24.8 Å². The van der Waals surface area contributed by atoms with Crippen LogP contribution in [0, 0.1) is 0 Å². The normalized spacial score (nSPS) is 16.9. The number of benzene rings is 2. The van der Waals surface area contributed by atoms with E-state index in [-0.39, 0.29) is 52.3 Å². The number of anilines is 2. The molecule has 0 spiro atoms. The molecule has 2 aromatic carbocycles. The van der Waals surface area contributed by atoms with Crippen molar-refractivity contribution in [2.24, 2.45) is 0 Å². The third kappa shape index (κ3) is 12.9. The molecule has 3 atom stereocenters. The van der Waals surface area contributed by atoms with E-state index in [0.717, 1.165) is 11.1 Å². The first-order valence-electron chi connectivity index (χ1n) is 23.1. The fourth-order valence-corrected chi connectivity index (χ4v) is 11.7. The maximum absolute atomic E-state index is 13.9. The van der Waals surface area contributed by atoms with E-state index >= 15 is 0 Å². The number of fused-ring (bicyclic) bond motifs is 2. The molecule has 3 unspecified atom stereocenters. The van der Waals surface area contributed by atoms with E-state index in [4.69, 9.17) is 18.5 Å². The van der Waals surface area contributed by atoms with Gasteiger partial charge < -0.3 is 18.5 Å². The smallest absolute Gasteiger partial charge is 0.422 e. The largest absolute Gasteiger partial charge is 0.468 e. The molecule has 2 aliphatic rings. The minimum Gasteiger partial charge on any atom is -0.468 e. The van der Waals surface area contributed by atoms with E-state index in [0.29, 0.717) is 58.4 Å².